The summed E-state index contributed by atoms with van der Waals surface area (Å²) in [5, 5.41) is 3.53. The van der Waals surface area contributed by atoms with Gasteiger partial charge >= 0.3 is 0 Å². The second kappa shape index (κ2) is 12.0. The Kier molecular flexibility index (Phi) is 8.99. The molecule has 0 saturated carbocycles. The summed E-state index contributed by atoms with van der Waals surface area (Å²) in [5.74, 6) is -0.286. The molecule has 1 aliphatic heterocycles. The summed E-state index contributed by atoms with van der Waals surface area (Å²) in [6, 6.07) is 15.9. The van der Waals surface area contributed by atoms with Gasteiger partial charge in [-0.05, 0) is 37.1 Å². The molecule has 3 aromatic rings. The van der Waals surface area contributed by atoms with E-state index >= 15 is 0 Å². The molecule has 8 nitrogen and oxygen atoms in total. The van der Waals surface area contributed by atoms with Gasteiger partial charge in [0.05, 0.1) is 18.4 Å². The van der Waals surface area contributed by atoms with E-state index in [1.807, 2.05) is 36.4 Å². The fourth-order valence-corrected chi connectivity index (χ4v) is 7.40. The van der Waals surface area contributed by atoms with Gasteiger partial charge in [0.25, 0.3) is 10.0 Å². The summed E-state index contributed by atoms with van der Waals surface area (Å²) < 4.78 is 34.6. The number of ether oxygens (including phenoxy) is 1. The highest BCUT2D eigenvalue weighted by Crippen LogP contribution is 2.31. The van der Waals surface area contributed by atoms with Gasteiger partial charge in [-0.25, -0.2) is 13.4 Å². The molecule has 1 N–H and O–H groups in total. The van der Waals surface area contributed by atoms with Crippen LogP contribution in [0.25, 0.3) is 0 Å². The first-order chi connectivity index (χ1) is 17.6. The zero-order chi connectivity index (χ0) is 26.6. The minimum atomic E-state index is -3.70. The average molecular weight is 563 g/mol. The van der Waals surface area contributed by atoms with E-state index in [2.05, 4.69) is 34.3 Å². The lowest BCUT2D eigenvalue weighted by molar-refractivity contribution is -0.114. The van der Waals surface area contributed by atoms with Crippen LogP contribution in [0.4, 0.5) is 5.13 Å². The molecule has 11 heteroatoms. The quantitative estimate of drug-likeness (QED) is 0.409. The van der Waals surface area contributed by atoms with Gasteiger partial charge in [-0.2, -0.15) is 4.31 Å². The zero-order valence-corrected chi connectivity index (χ0v) is 23.5. The van der Waals surface area contributed by atoms with Gasteiger partial charge in [0.2, 0.25) is 5.91 Å². The number of anilines is 1. The number of carbonyl (C=O) groups is 1. The predicted molar refractivity (Wildman–Crippen MR) is 147 cm³/mol. The molecule has 1 fully saturated rings. The van der Waals surface area contributed by atoms with E-state index in [9.17, 15) is 13.2 Å². The number of aromatic nitrogens is 1. The van der Waals surface area contributed by atoms with Crippen LogP contribution in [0.5, 0.6) is 0 Å². The minimum Gasteiger partial charge on any atom is -0.368 e. The number of carbonyl (C=O) groups excluding carboxylic acids is 1. The van der Waals surface area contributed by atoms with E-state index in [4.69, 9.17) is 16.3 Å². The number of halogens is 1. The monoisotopic (exact) mass is 562 g/mol. The zero-order valence-electron chi connectivity index (χ0n) is 21.1. The molecule has 1 aromatic heterocycles. The molecule has 1 amide bonds. The van der Waals surface area contributed by atoms with E-state index in [1.165, 1.54) is 16.8 Å². The molecule has 1 atom stereocenters. The summed E-state index contributed by atoms with van der Waals surface area (Å²) >= 11 is 7.09. The van der Waals surface area contributed by atoms with Gasteiger partial charge in [0.15, 0.2) is 9.34 Å². The summed E-state index contributed by atoms with van der Waals surface area (Å²) in [6.07, 6.45) is -0.190. The molecule has 0 radical (unpaired) electrons. The van der Waals surface area contributed by atoms with Crippen molar-refractivity contribution in [3.8, 4) is 0 Å². The number of hydrogen-bond acceptors (Lipinski definition) is 7. The number of nitrogens with zero attached hydrogens (tertiary/aromatic N) is 3. The molecule has 4 rings (SSSR count). The van der Waals surface area contributed by atoms with Crippen LogP contribution >= 0.6 is 22.9 Å². The van der Waals surface area contributed by atoms with Crippen molar-refractivity contribution in [2.75, 3.05) is 38.0 Å². The van der Waals surface area contributed by atoms with Crippen molar-refractivity contribution in [1.29, 1.82) is 0 Å². The third-order valence-electron chi connectivity index (χ3n) is 6.14. The molecule has 0 aliphatic carbocycles. The molecular formula is C26H31ClN4O4S2. The maximum absolute atomic E-state index is 13.3. The highest BCUT2D eigenvalue weighted by molar-refractivity contribution is 7.91. The molecule has 0 unspecified atom stereocenters. The fraction of sp³-hybridized carbons (Fsp3) is 0.385. The standard InChI is InChI=1S/C26H31ClN4O4S2/c1-18-5-4-6-21(15-18)17-35-24(22-7-9-23(27)10-8-22)16-30-11-13-31(14-12-30)37(33,34)25-19(2)28-26(36-25)29-20(3)32/h4-10,15,24H,11-14,16-17H2,1-3H3,(H,28,29,32)/t24-/m0/s1. The number of benzene rings is 2. The topological polar surface area (TPSA) is 91.8 Å². The van der Waals surface area contributed by atoms with Crippen molar-refractivity contribution in [3.63, 3.8) is 0 Å². The van der Waals surface area contributed by atoms with Crippen molar-refractivity contribution in [2.45, 2.75) is 37.7 Å². The van der Waals surface area contributed by atoms with Crippen LogP contribution in [-0.2, 0) is 26.2 Å². The number of sulfonamides is 1. The smallest absolute Gasteiger partial charge is 0.254 e. The van der Waals surface area contributed by atoms with Crippen LogP contribution in [0, 0.1) is 13.8 Å². The Morgan fingerprint density at radius 1 is 1.14 bits per heavy atom. The Hall–Kier alpha value is -2.34. The molecule has 2 aromatic carbocycles. The van der Waals surface area contributed by atoms with Crippen molar-refractivity contribution in [2.24, 2.45) is 0 Å². The Morgan fingerprint density at radius 2 is 1.84 bits per heavy atom. The first-order valence-corrected chi connectivity index (χ1v) is 14.7. The van der Waals surface area contributed by atoms with Gasteiger partial charge in [0, 0.05) is 44.7 Å². The summed E-state index contributed by atoms with van der Waals surface area (Å²) in [5.41, 5.74) is 3.71. The predicted octanol–water partition coefficient (Wildman–Crippen LogP) is 4.64. The lowest BCUT2D eigenvalue weighted by Gasteiger charge is -2.35. The highest BCUT2D eigenvalue weighted by Gasteiger charge is 2.33. The molecule has 2 heterocycles. The van der Waals surface area contributed by atoms with Crippen LogP contribution in [0.2, 0.25) is 5.02 Å². The van der Waals surface area contributed by atoms with Crippen LogP contribution in [0.3, 0.4) is 0 Å². The molecule has 1 aliphatic rings. The average Bonchev–Trinajstić information content (AvgIpc) is 3.22. The normalized spacial score (nSPS) is 16.0. The van der Waals surface area contributed by atoms with Gasteiger partial charge in [-0.1, -0.05) is 64.9 Å². The largest absolute Gasteiger partial charge is 0.368 e. The number of thiazole rings is 1. The maximum atomic E-state index is 13.3. The van der Waals surface area contributed by atoms with Gasteiger partial charge in [-0.3, -0.25) is 9.69 Å². The molecule has 0 spiro atoms. The van der Waals surface area contributed by atoms with Crippen LogP contribution in [0.15, 0.2) is 52.7 Å². The van der Waals surface area contributed by atoms with Gasteiger partial charge in [0.1, 0.15) is 0 Å². The highest BCUT2D eigenvalue weighted by atomic mass is 35.5. The Labute approximate surface area is 227 Å². The van der Waals surface area contributed by atoms with E-state index in [0.29, 0.717) is 55.2 Å². The Bertz CT molecular complexity index is 1340. The van der Waals surface area contributed by atoms with Gasteiger partial charge in [-0.15, -0.1) is 0 Å². The molecule has 0 bridgehead atoms. The molecular weight excluding hydrogens is 532 g/mol. The second-order valence-electron chi connectivity index (χ2n) is 9.12. The summed E-state index contributed by atoms with van der Waals surface area (Å²) in [4.78, 5) is 17.8. The first-order valence-electron chi connectivity index (χ1n) is 12.0. The number of piperazine rings is 1. The van der Waals surface area contributed by atoms with Crippen molar-refractivity contribution in [1.82, 2.24) is 14.2 Å². The van der Waals surface area contributed by atoms with E-state index in [-0.39, 0.29) is 16.2 Å². The van der Waals surface area contributed by atoms with E-state index in [0.717, 1.165) is 22.5 Å². The van der Waals surface area contributed by atoms with Crippen LogP contribution in [-0.4, -0.2) is 61.2 Å². The van der Waals surface area contributed by atoms with E-state index in [1.54, 1.807) is 6.92 Å². The number of rotatable bonds is 9. The lowest BCUT2D eigenvalue weighted by atomic mass is 10.1. The maximum Gasteiger partial charge on any atom is 0.254 e. The first kappa shape index (κ1) is 27.7. The van der Waals surface area contributed by atoms with Crippen LogP contribution in [0.1, 0.15) is 35.4 Å². The summed E-state index contributed by atoms with van der Waals surface area (Å²) in [6.45, 7) is 8.06. The number of hydrogen-bond donors (Lipinski definition) is 1. The van der Waals surface area contributed by atoms with Crippen molar-refractivity contribution >= 4 is 44.0 Å². The summed E-state index contributed by atoms with van der Waals surface area (Å²) in [7, 11) is -3.70. The Morgan fingerprint density at radius 3 is 2.49 bits per heavy atom. The fourth-order valence-electron chi connectivity index (χ4n) is 4.26. The third kappa shape index (κ3) is 7.16. The van der Waals surface area contributed by atoms with Gasteiger partial charge < -0.3 is 10.1 Å². The third-order valence-corrected chi connectivity index (χ3v) is 9.95. The molecule has 198 valence electrons. The van der Waals surface area contributed by atoms with E-state index < -0.39 is 10.0 Å². The molecule has 1 saturated heterocycles. The number of nitrogens with one attached hydrogen (secondary N) is 1. The number of amides is 1. The second-order valence-corrected chi connectivity index (χ2v) is 12.7. The SMILES string of the molecule is CC(=O)Nc1nc(C)c(S(=O)(=O)N2CCN(C[C@H](OCc3cccc(C)c3)c3ccc(Cl)cc3)CC2)s1. The number of aryl methyl sites for hydroxylation is 2. The van der Waals surface area contributed by atoms with Crippen molar-refractivity contribution in [3.05, 3.63) is 75.9 Å². The molecule has 37 heavy (non-hydrogen) atoms. The minimum absolute atomic E-state index is 0.172. The Balaban J connectivity index is 1.42. The lowest BCUT2D eigenvalue weighted by Crippen LogP contribution is -2.49. The van der Waals surface area contributed by atoms with Crippen LogP contribution < -0.4 is 5.32 Å². The van der Waals surface area contributed by atoms with Crippen molar-refractivity contribution < 1.29 is 17.9 Å².